The molecule has 0 aromatic carbocycles. The molecule has 24 heavy (non-hydrogen) atoms. The molecule has 0 heterocycles. The zero-order chi connectivity index (χ0) is 17.7. The molecular formula is C22H42OS. The number of aliphatic hydroxyl groups excluding tert-OH is 1. The van der Waals surface area contributed by atoms with E-state index >= 15 is 0 Å². The Morgan fingerprint density at radius 1 is 0.792 bits per heavy atom. The van der Waals surface area contributed by atoms with Crippen LogP contribution < -0.4 is 0 Å². The van der Waals surface area contributed by atoms with Crippen molar-refractivity contribution in [2.45, 2.75) is 103 Å². The topological polar surface area (TPSA) is 20.2 Å². The van der Waals surface area contributed by atoms with Crippen LogP contribution in [0.4, 0.5) is 0 Å². The lowest BCUT2D eigenvalue weighted by atomic mass is 10.0. The van der Waals surface area contributed by atoms with Crippen LogP contribution in [-0.4, -0.2) is 23.2 Å². The molecule has 0 aromatic rings. The van der Waals surface area contributed by atoms with Crippen molar-refractivity contribution < 1.29 is 5.11 Å². The molecule has 0 aromatic heterocycles. The molecule has 0 rings (SSSR count). The summed E-state index contributed by atoms with van der Waals surface area (Å²) in [4.78, 5) is 0. The van der Waals surface area contributed by atoms with Gasteiger partial charge >= 0.3 is 0 Å². The highest BCUT2D eigenvalue weighted by Gasteiger charge is 2.05. The fourth-order valence-corrected chi connectivity index (χ4v) is 4.12. The first-order valence-corrected chi connectivity index (χ1v) is 11.6. The molecular weight excluding hydrogens is 312 g/mol. The van der Waals surface area contributed by atoms with Gasteiger partial charge in [-0.25, -0.2) is 0 Å². The Labute approximate surface area is 156 Å². The van der Waals surface area contributed by atoms with Crippen molar-refractivity contribution in [1.82, 2.24) is 0 Å². The monoisotopic (exact) mass is 354 g/mol. The van der Waals surface area contributed by atoms with Gasteiger partial charge in [-0.15, -0.1) is 12.3 Å². The van der Waals surface area contributed by atoms with Gasteiger partial charge in [0.1, 0.15) is 0 Å². The van der Waals surface area contributed by atoms with Crippen molar-refractivity contribution in [1.29, 1.82) is 0 Å². The molecule has 1 nitrogen and oxygen atoms in total. The summed E-state index contributed by atoms with van der Waals surface area (Å²) >= 11 is 1.95. The van der Waals surface area contributed by atoms with E-state index in [9.17, 15) is 5.11 Å². The molecule has 1 unspecified atom stereocenters. The summed E-state index contributed by atoms with van der Waals surface area (Å²) in [7, 11) is 0. The van der Waals surface area contributed by atoms with Crippen molar-refractivity contribution in [3.63, 3.8) is 0 Å². The van der Waals surface area contributed by atoms with Gasteiger partial charge in [-0.05, 0) is 17.9 Å². The minimum atomic E-state index is 0.232. The van der Waals surface area contributed by atoms with Crippen molar-refractivity contribution in [3.8, 4) is 12.3 Å². The molecule has 0 saturated carbocycles. The van der Waals surface area contributed by atoms with Crippen LogP contribution in [0.2, 0.25) is 0 Å². The Balaban J connectivity index is 3.09. The first kappa shape index (κ1) is 23.9. The first-order valence-electron chi connectivity index (χ1n) is 10.5. The molecule has 2 heteroatoms. The summed E-state index contributed by atoms with van der Waals surface area (Å²) in [6.07, 6.45) is 25.8. The fourth-order valence-electron chi connectivity index (χ4n) is 2.99. The quantitative estimate of drug-likeness (QED) is 0.202. The van der Waals surface area contributed by atoms with Gasteiger partial charge < -0.3 is 5.11 Å². The summed E-state index contributed by atoms with van der Waals surface area (Å²) in [5.74, 6) is 5.18. The zero-order valence-corrected chi connectivity index (χ0v) is 17.1. The summed E-state index contributed by atoms with van der Waals surface area (Å²) in [5, 5.41) is 9.17. The van der Waals surface area contributed by atoms with Gasteiger partial charge in [0.25, 0.3) is 0 Å². The lowest BCUT2D eigenvalue weighted by Gasteiger charge is -2.09. The van der Waals surface area contributed by atoms with Gasteiger partial charge in [0.05, 0.1) is 0 Å². The largest absolute Gasteiger partial charge is 0.396 e. The van der Waals surface area contributed by atoms with Crippen LogP contribution in [0.15, 0.2) is 0 Å². The number of unbranched alkanes of at least 4 members (excludes halogenated alkanes) is 13. The Kier molecular flexibility index (Phi) is 20.8. The van der Waals surface area contributed by atoms with Crippen LogP contribution in [0.3, 0.4) is 0 Å². The van der Waals surface area contributed by atoms with Crippen LogP contribution in [0, 0.1) is 18.3 Å². The van der Waals surface area contributed by atoms with Crippen molar-refractivity contribution >= 4 is 11.8 Å². The van der Waals surface area contributed by atoms with Crippen LogP contribution in [0.5, 0.6) is 0 Å². The van der Waals surface area contributed by atoms with Crippen molar-refractivity contribution in [2.75, 3.05) is 18.1 Å². The minimum Gasteiger partial charge on any atom is -0.396 e. The lowest BCUT2D eigenvalue weighted by Crippen LogP contribution is -2.08. The Morgan fingerprint density at radius 3 is 1.67 bits per heavy atom. The molecule has 0 bridgehead atoms. The van der Waals surface area contributed by atoms with Gasteiger partial charge in [-0.3, -0.25) is 0 Å². The molecule has 0 radical (unpaired) electrons. The van der Waals surface area contributed by atoms with Gasteiger partial charge in [0.2, 0.25) is 0 Å². The number of thioether (sulfide) groups is 1. The smallest absolute Gasteiger partial charge is 0.0476 e. The predicted molar refractivity (Wildman–Crippen MR) is 112 cm³/mol. The maximum Gasteiger partial charge on any atom is 0.0476 e. The van der Waals surface area contributed by atoms with E-state index in [0.717, 1.165) is 5.75 Å². The third-order valence-corrected chi connectivity index (χ3v) is 5.94. The number of hydrogen-bond donors (Lipinski definition) is 1. The van der Waals surface area contributed by atoms with E-state index in [1.807, 2.05) is 11.8 Å². The standard InChI is InChI=1S/C22H42OS/c1-3-5-6-7-8-9-10-11-12-13-14-15-16-17-19-24-21-22(20-23)18-4-2/h2,22-23H,3,5-21H2,1H3. The minimum absolute atomic E-state index is 0.232. The van der Waals surface area contributed by atoms with Crippen molar-refractivity contribution in [3.05, 3.63) is 0 Å². The van der Waals surface area contributed by atoms with E-state index in [2.05, 4.69) is 12.8 Å². The number of terminal acetylenes is 1. The van der Waals surface area contributed by atoms with E-state index in [1.54, 1.807) is 0 Å². The zero-order valence-electron chi connectivity index (χ0n) is 16.2. The van der Waals surface area contributed by atoms with Crippen LogP contribution >= 0.6 is 11.8 Å². The number of rotatable bonds is 19. The molecule has 0 aliphatic heterocycles. The highest BCUT2D eigenvalue weighted by molar-refractivity contribution is 7.99. The molecule has 0 aliphatic rings. The Hall–Kier alpha value is -0.130. The molecule has 0 saturated heterocycles. The number of hydrogen-bond acceptors (Lipinski definition) is 2. The second-order valence-corrected chi connectivity index (χ2v) is 8.28. The third-order valence-electron chi connectivity index (χ3n) is 4.66. The van der Waals surface area contributed by atoms with Crippen molar-refractivity contribution in [2.24, 2.45) is 5.92 Å². The lowest BCUT2D eigenvalue weighted by molar-refractivity contribution is 0.243. The molecule has 0 aliphatic carbocycles. The highest BCUT2D eigenvalue weighted by Crippen LogP contribution is 2.16. The summed E-state index contributed by atoms with van der Waals surface area (Å²) in [6.45, 7) is 2.52. The second kappa shape index (κ2) is 20.9. The molecule has 142 valence electrons. The SMILES string of the molecule is C#CCC(CO)CSCCCCCCCCCCCCCCCC. The maximum atomic E-state index is 9.17. The summed E-state index contributed by atoms with van der Waals surface area (Å²) in [5.41, 5.74) is 0. The molecule has 0 amide bonds. The van der Waals surface area contributed by atoms with Gasteiger partial charge in [0.15, 0.2) is 0 Å². The van der Waals surface area contributed by atoms with E-state index in [-0.39, 0.29) is 6.61 Å². The predicted octanol–water partition coefficient (Wildman–Crippen LogP) is 6.83. The molecule has 1 N–H and O–H groups in total. The Bertz CT molecular complexity index is 272. The average Bonchev–Trinajstić information content (AvgIpc) is 2.60. The van der Waals surface area contributed by atoms with Crippen LogP contribution in [0.25, 0.3) is 0 Å². The van der Waals surface area contributed by atoms with Gasteiger partial charge in [-0.2, -0.15) is 11.8 Å². The molecule has 0 spiro atoms. The van der Waals surface area contributed by atoms with E-state index in [1.165, 1.54) is 95.6 Å². The summed E-state index contributed by atoms with van der Waals surface area (Å²) < 4.78 is 0. The normalized spacial score (nSPS) is 12.2. The van der Waals surface area contributed by atoms with Gasteiger partial charge in [-0.1, -0.05) is 90.4 Å². The highest BCUT2D eigenvalue weighted by atomic mass is 32.2. The van der Waals surface area contributed by atoms with Crippen LogP contribution in [-0.2, 0) is 0 Å². The van der Waals surface area contributed by atoms with Crippen LogP contribution in [0.1, 0.15) is 103 Å². The van der Waals surface area contributed by atoms with Gasteiger partial charge in [0, 0.05) is 18.9 Å². The van der Waals surface area contributed by atoms with E-state index < -0.39 is 0 Å². The number of aliphatic hydroxyl groups is 1. The fraction of sp³-hybridized carbons (Fsp3) is 0.909. The summed E-state index contributed by atoms with van der Waals surface area (Å²) in [6, 6.07) is 0. The second-order valence-electron chi connectivity index (χ2n) is 7.13. The Morgan fingerprint density at radius 2 is 1.25 bits per heavy atom. The molecule has 0 fully saturated rings. The average molecular weight is 355 g/mol. The first-order chi connectivity index (χ1) is 11.8. The maximum absolute atomic E-state index is 9.17. The van der Waals surface area contributed by atoms with E-state index in [0.29, 0.717) is 12.3 Å². The van der Waals surface area contributed by atoms with E-state index in [4.69, 9.17) is 6.42 Å². The third kappa shape index (κ3) is 18.2. The molecule has 1 atom stereocenters.